The van der Waals surface area contributed by atoms with Gasteiger partial charge in [0.05, 0.1) is 11.0 Å². The lowest BCUT2D eigenvalue weighted by Crippen LogP contribution is -2.76. The van der Waals surface area contributed by atoms with Crippen LogP contribution >= 0.6 is 0 Å². The molecule has 0 radical (unpaired) electrons. The molecule has 0 unspecified atom stereocenters. The lowest BCUT2D eigenvalue weighted by Gasteiger charge is -2.63. The second-order valence-corrected chi connectivity index (χ2v) is 9.07. The molecule has 1 aromatic carbocycles. The number of ketones is 1. The largest absolute Gasteiger partial charge is 0.504 e. The number of benzene rings is 1. The van der Waals surface area contributed by atoms with Crippen molar-refractivity contribution >= 4 is 5.78 Å². The van der Waals surface area contributed by atoms with E-state index < -0.39 is 17.1 Å². The fourth-order valence-electron chi connectivity index (χ4n) is 6.64. The maximum atomic E-state index is 12.8. The summed E-state index contributed by atoms with van der Waals surface area (Å²) in [4.78, 5) is 15.3. The number of piperidine rings is 1. The number of Topliss-reactive ketones (excluding diaryl/α,β-unsaturated/α-hetero) is 1. The van der Waals surface area contributed by atoms with Crippen LogP contribution in [0.3, 0.4) is 0 Å². The monoisotopic (exact) mass is 355 g/mol. The topological polar surface area (TPSA) is 70.0 Å². The van der Waals surface area contributed by atoms with Gasteiger partial charge in [-0.2, -0.15) is 0 Å². The molecular weight excluding hydrogens is 330 g/mol. The van der Waals surface area contributed by atoms with Crippen LogP contribution in [0.15, 0.2) is 12.1 Å². The molecule has 3 aliphatic carbocycles. The quantitative estimate of drug-likeness (QED) is 0.848. The Balaban J connectivity index is 1.53. The van der Waals surface area contributed by atoms with Crippen LogP contribution in [-0.2, 0) is 16.6 Å². The van der Waals surface area contributed by atoms with Gasteiger partial charge >= 0.3 is 0 Å². The summed E-state index contributed by atoms with van der Waals surface area (Å²) >= 11 is 0. The summed E-state index contributed by atoms with van der Waals surface area (Å²) in [6, 6.07) is 3.70. The molecule has 2 bridgehead atoms. The summed E-state index contributed by atoms with van der Waals surface area (Å²) in [5.74, 6) is 1.37. The van der Waals surface area contributed by atoms with Gasteiger partial charge in [0.15, 0.2) is 23.4 Å². The molecule has 5 aliphatic rings. The molecule has 1 aromatic rings. The van der Waals surface area contributed by atoms with Gasteiger partial charge in [-0.25, -0.2) is 0 Å². The van der Waals surface area contributed by atoms with Crippen LogP contribution < -0.4 is 4.74 Å². The number of aliphatic hydroxyl groups is 1. The zero-order valence-corrected chi connectivity index (χ0v) is 14.9. The molecule has 0 amide bonds. The number of phenolic OH excluding ortho intramolecular Hbond substituents is 1. The maximum absolute atomic E-state index is 12.8. The van der Waals surface area contributed by atoms with E-state index >= 15 is 0 Å². The third-order valence-electron chi connectivity index (χ3n) is 8.09. The number of rotatable bonds is 2. The Morgan fingerprint density at radius 3 is 2.88 bits per heavy atom. The molecule has 2 saturated carbocycles. The van der Waals surface area contributed by atoms with Crippen molar-refractivity contribution in [3.63, 3.8) is 0 Å². The Bertz CT molecular complexity index is 818. The summed E-state index contributed by atoms with van der Waals surface area (Å²) in [5, 5.41) is 22.4. The minimum Gasteiger partial charge on any atom is -0.504 e. The molecule has 5 heteroatoms. The predicted octanol–water partition coefficient (Wildman–Crippen LogP) is 1.92. The third-order valence-corrected chi connectivity index (χ3v) is 8.09. The van der Waals surface area contributed by atoms with Gasteiger partial charge in [0.25, 0.3) is 0 Å². The van der Waals surface area contributed by atoms with E-state index in [2.05, 4.69) is 4.90 Å². The summed E-state index contributed by atoms with van der Waals surface area (Å²) in [6.45, 7) is 1.95. The molecule has 26 heavy (non-hydrogen) atoms. The molecule has 2 N–H and O–H groups in total. The Hall–Kier alpha value is -1.59. The fourth-order valence-corrected chi connectivity index (χ4v) is 6.64. The van der Waals surface area contributed by atoms with E-state index in [9.17, 15) is 15.0 Å². The standard InChI is InChI=1S/C21H25NO4/c23-14-5-4-13-10-16-21(25)7-6-15(24)19-20(21,17(13)18(14)26-19)8-9-22(16)11-12-2-1-3-12/h4-5,12,16,19,23,25H,1-3,6-11H2/t16-,19-,20+,21-/m1/s1. The van der Waals surface area contributed by atoms with Gasteiger partial charge in [0.1, 0.15) is 0 Å². The van der Waals surface area contributed by atoms with Gasteiger partial charge in [-0.15, -0.1) is 0 Å². The Kier molecular flexibility index (Phi) is 2.86. The van der Waals surface area contributed by atoms with E-state index in [1.807, 2.05) is 6.07 Å². The molecule has 0 aromatic heterocycles. The fraction of sp³-hybridized carbons (Fsp3) is 0.667. The third kappa shape index (κ3) is 1.59. The number of hydrogen-bond acceptors (Lipinski definition) is 5. The predicted molar refractivity (Wildman–Crippen MR) is 94.4 cm³/mol. The SMILES string of the molecule is O=C1CC[C@@]2(O)[C@H]3Cc4ccc(O)c5c4[C@@]2(CCN3CC2CCC2)[C@@H]1O5. The highest BCUT2D eigenvalue weighted by atomic mass is 16.5. The van der Waals surface area contributed by atoms with Gasteiger partial charge in [-0.05, 0) is 56.2 Å². The molecule has 5 nitrogen and oxygen atoms in total. The Morgan fingerprint density at radius 2 is 2.12 bits per heavy atom. The van der Waals surface area contributed by atoms with Crippen LogP contribution in [0.5, 0.6) is 11.5 Å². The summed E-state index contributed by atoms with van der Waals surface area (Å²) in [7, 11) is 0. The van der Waals surface area contributed by atoms with Gasteiger partial charge in [-0.1, -0.05) is 12.5 Å². The highest BCUT2D eigenvalue weighted by molar-refractivity contribution is 5.90. The number of carbonyl (C=O) groups excluding carboxylic acids is 1. The summed E-state index contributed by atoms with van der Waals surface area (Å²) in [5.41, 5.74) is 0.449. The highest BCUT2D eigenvalue weighted by Crippen LogP contribution is 2.64. The first-order chi connectivity index (χ1) is 12.5. The van der Waals surface area contributed by atoms with Crippen LogP contribution in [0.25, 0.3) is 0 Å². The number of carbonyl (C=O) groups is 1. The van der Waals surface area contributed by atoms with Crippen molar-refractivity contribution in [2.24, 2.45) is 5.92 Å². The molecule has 1 spiro atoms. The summed E-state index contributed by atoms with van der Waals surface area (Å²) in [6.07, 6.45) is 5.65. The van der Waals surface area contributed by atoms with Crippen LogP contribution in [0, 0.1) is 5.92 Å². The van der Waals surface area contributed by atoms with Crippen LogP contribution in [-0.4, -0.2) is 51.7 Å². The number of likely N-dealkylation sites (tertiary alicyclic amines) is 1. The van der Waals surface area contributed by atoms with Crippen molar-refractivity contribution in [3.05, 3.63) is 23.3 Å². The van der Waals surface area contributed by atoms with E-state index in [0.717, 1.165) is 43.0 Å². The minimum absolute atomic E-state index is 0.0408. The minimum atomic E-state index is -0.945. The zero-order chi connectivity index (χ0) is 17.7. The lowest BCUT2D eigenvalue weighted by molar-refractivity contribution is -0.190. The molecule has 2 heterocycles. The van der Waals surface area contributed by atoms with Crippen LogP contribution in [0.1, 0.15) is 49.7 Å². The van der Waals surface area contributed by atoms with Crippen LogP contribution in [0.2, 0.25) is 0 Å². The maximum Gasteiger partial charge on any atom is 0.174 e. The van der Waals surface area contributed by atoms with Crippen molar-refractivity contribution in [1.29, 1.82) is 0 Å². The lowest BCUT2D eigenvalue weighted by atomic mass is 9.49. The smallest absolute Gasteiger partial charge is 0.174 e. The van der Waals surface area contributed by atoms with Gasteiger partial charge in [0, 0.05) is 24.6 Å². The Morgan fingerprint density at radius 1 is 1.27 bits per heavy atom. The molecule has 2 aliphatic heterocycles. The first kappa shape index (κ1) is 15.5. The number of aromatic hydroxyl groups is 1. The molecule has 3 fully saturated rings. The molecule has 4 atom stereocenters. The average molecular weight is 355 g/mol. The zero-order valence-electron chi connectivity index (χ0n) is 14.9. The van der Waals surface area contributed by atoms with Crippen LogP contribution in [0.4, 0.5) is 0 Å². The van der Waals surface area contributed by atoms with Gasteiger partial charge < -0.3 is 14.9 Å². The van der Waals surface area contributed by atoms with E-state index in [0.29, 0.717) is 18.6 Å². The van der Waals surface area contributed by atoms with Gasteiger partial charge in [-0.3, -0.25) is 9.69 Å². The van der Waals surface area contributed by atoms with E-state index in [-0.39, 0.29) is 17.6 Å². The number of phenols is 1. The first-order valence-electron chi connectivity index (χ1n) is 10.1. The number of hydrogen-bond donors (Lipinski definition) is 2. The van der Waals surface area contributed by atoms with E-state index in [1.165, 1.54) is 19.3 Å². The van der Waals surface area contributed by atoms with E-state index in [4.69, 9.17) is 4.74 Å². The molecule has 138 valence electrons. The summed E-state index contributed by atoms with van der Waals surface area (Å²) < 4.78 is 6.06. The van der Waals surface area contributed by atoms with E-state index in [1.54, 1.807) is 6.07 Å². The van der Waals surface area contributed by atoms with Crippen molar-refractivity contribution in [2.75, 3.05) is 13.1 Å². The number of nitrogens with zero attached hydrogens (tertiary/aromatic N) is 1. The second kappa shape index (κ2) is 4.82. The number of ether oxygens (including phenoxy) is 1. The van der Waals surface area contributed by atoms with Gasteiger partial charge in [0.2, 0.25) is 0 Å². The average Bonchev–Trinajstić information content (AvgIpc) is 2.93. The normalized spacial score (nSPS) is 40.7. The molecule has 1 saturated heterocycles. The Labute approximate surface area is 152 Å². The van der Waals surface area contributed by atoms with Crippen molar-refractivity contribution in [3.8, 4) is 11.5 Å². The highest BCUT2D eigenvalue weighted by Gasteiger charge is 2.73. The van der Waals surface area contributed by atoms with Crippen molar-refractivity contribution in [1.82, 2.24) is 4.90 Å². The first-order valence-corrected chi connectivity index (χ1v) is 10.1. The molecular formula is C21H25NO4. The molecule has 6 rings (SSSR count). The van der Waals surface area contributed by atoms with Crippen molar-refractivity contribution in [2.45, 2.75) is 68.1 Å². The second-order valence-electron chi connectivity index (χ2n) is 9.07. The van der Waals surface area contributed by atoms with Crippen molar-refractivity contribution < 1.29 is 19.7 Å².